The average Bonchev–Trinajstić information content (AvgIpc) is 3.47. The minimum atomic E-state index is -0.170. The van der Waals surface area contributed by atoms with E-state index in [2.05, 4.69) is 10.1 Å². The van der Waals surface area contributed by atoms with Gasteiger partial charge in [-0.1, -0.05) is 43.0 Å². The third-order valence-electron chi connectivity index (χ3n) is 6.15. The van der Waals surface area contributed by atoms with Gasteiger partial charge >= 0.3 is 0 Å². The third kappa shape index (κ3) is 3.33. The number of benzene rings is 1. The van der Waals surface area contributed by atoms with Crippen LogP contribution in [0.3, 0.4) is 0 Å². The Kier molecular flexibility index (Phi) is 4.63. The Bertz CT molecular complexity index is 881. The van der Waals surface area contributed by atoms with Crippen molar-refractivity contribution in [2.24, 2.45) is 0 Å². The van der Waals surface area contributed by atoms with Gasteiger partial charge in [0.1, 0.15) is 5.82 Å². The van der Waals surface area contributed by atoms with Gasteiger partial charge in [-0.2, -0.15) is 0 Å². The molecule has 0 unspecified atom stereocenters. The summed E-state index contributed by atoms with van der Waals surface area (Å²) in [4.78, 5) is 19.8. The molecule has 2 heterocycles. The topological polar surface area (TPSA) is 60.2 Å². The summed E-state index contributed by atoms with van der Waals surface area (Å²) in [6, 6.07) is 7.58. The van der Waals surface area contributed by atoms with Gasteiger partial charge in [0, 0.05) is 12.5 Å². The van der Waals surface area contributed by atoms with Crippen LogP contribution in [-0.2, 0) is 4.74 Å². The molecular formula is C21H25ClN4O2. The van der Waals surface area contributed by atoms with Gasteiger partial charge in [0.15, 0.2) is 0 Å². The van der Waals surface area contributed by atoms with E-state index >= 15 is 0 Å². The van der Waals surface area contributed by atoms with E-state index in [1.165, 1.54) is 19.3 Å². The van der Waals surface area contributed by atoms with E-state index in [-0.39, 0.29) is 17.3 Å². The van der Waals surface area contributed by atoms with Crippen molar-refractivity contribution < 1.29 is 9.53 Å². The average molecular weight is 401 g/mol. The normalized spacial score (nSPS) is 21.8. The van der Waals surface area contributed by atoms with E-state index in [1.807, 2.05) is 29.2 Å². The molecule has 1 aromatic heterocycles. The van der Waals surface area contributed by atoms with Gasteiger partial charge in [-0.05, 0) is 37.8 Å². The van der Waals surface area contributed by atoms with Crippen LogP contribution in [0, 0.1) is 0 Å². The Balaban J connectivity index is 1.44. The van der Waals surface area contributed by atoms with Crippen LogP contribution in [-0.4, -0.2) is 50.9 Å². The van der Waals surface area contributed by atoms with Gasteiger partial charge in [-0.15, -0.1) is 5.10 Å². The van der Waals surface area contributed by atoms with Crippen molar-refractivity contribution in [3.63, 3.8) is 0 Å². The second-order valence-corrected chi connectivity index (χ2v) is 8.66. The zero-order valence-electron chi connectivity index (χ0n) is 15.9. The SMILES string of the molecule is O=C(c1nc(C2CC2)n(-c2ccccc2Cl)n1)N1CCOC2(CCCCC2)C1. The number of ether oxygens (including phenoxy) is 1. The lowest BCUT2D eigenvalue weighted by atomic mass is 9.83. The van der Waals surface area contributed by atoms with Crippen molar-refractivity contribution in [2.45, 2.75) is 56.5 Å². The quantitative estimate of drug-likeness (QED) is 0.782. The minimum absolute atomic E-state index is 0.0963. The molecule has 1 amide bonds. The van der Waals surface area contributed by atoms with Crippen molar-refractivity contribution in [3.8, 4) is 5.69 Å². The van der Waals surface area contributed by atoms with E-state index in [4.69, 9.17) is 16.3 Å². The molecule has 1 aliphatic heterocycles. The van der Waals surface area contributed by atoms with Crippen LogP contribution in [0.15, 0.2) is 24.3 Å². The lowest BCUT2D eigenvalue weighted by molar-refractivity contribution is -0.118. The molecule has 1 saturated heterocycles. The molecule has 5 rings (SSSR count). The number of morpholine rings is 1. The van der Waals surface area contributed by atoms with E-state index in [0.717, 1.165) is 37.2 Å². The fourth-order valence-corrected chi connectivity index (χ4v) is 4.70. The number of nitrogens with zero attached hydrogens (tertiary/aromatic N) is 4. The van der Waals surface area contributed by atoms with Gasteiger partial charge in [-0.25, -0.2) is 9.67 Å². The fraction of sp³-hybridized carbons (Fsp3) is 0.571. The maximum Gasteiger partial charge on any atom is 0.293 e. The zero-order chi connectivity index (χ0) is 19.1. The molecule has 2 saturated carbocycles. The van der Waals surface area contributed by atoms with Crippen LogP contribution < -0.4 is 0 Å². The maximum absolute atomic E-state index is 13.2. The fourth-order valence-electron chi connectivity index (χ4n) is 4.48. The minimum Gasteiger partial charge on any atom is -0.371 e. The van der Waals surface area contributed by atoms with Crippen LogP contribution in [0.4, 0.5) is 0 Å². The Labute approximate surface area is 169 Å². The summed E-state index contributed by atoms with van der Waals surface area (Å²) >= 11 is 6.39. The van der Waals surface area contributed by atoms with Crippen LogP contribution in [0.1, 0.15) is 67.3 Å². The van der Waals surface area contributed by atoms with Gasteiger partial charge in [0.2, 0.25) is 5.82 Å². The van der Waals surface area contributed by atoms with Crippen LogP contribution in [0.2, 0.25) is 5.02 Å². The van der Waals surface area contributed by atoms with Crippen LogP contribution in [0.25, 0.3) is 5.69 Å². The molecule has 1 aromatic carbocycles. The number of carbonyl (C=O) groups excluding carboxylic acids is 1. The number of para-hydroxylation sites is 1. The number of hydrogen-bond donors (Lipinski definition) is 0. The summed E-state index contributed by atoms with van der Waals surface area (Å²) in [5.74, 6) is 1.38. The molecule has 1 spiro atoms. The summed E-state index contributed by atoms with van der Waals surface area (Å²) in [5.41, 5.74) is 0.611. The highest BCUT2D eigenvalue weighted by Gasteiger charge is 2.40. The molecule has 148 valence electrons. The highest BCUT2D eigenvalue weighted by atomic mass is 35.5. The number of carbonyl (C=O) groups is 1. The number of aromatic nitrogens is 3. The molecule has 3 aliphatic rings. The first kappa shape index (κ1) is 18.1. The van der Waals surface area contributed by atoms with E-state index in [1.54, 1.807) is 4.68 Å². The largest absolute Gasteiger partial charge is 0.371 e. The zero-order valence-corrected chi connectivity index (χ0v) is 16.7. The second kappa shape index (κ2) is 7.16. The second-order valence-electron chi connectivity index (χ2n) is 8.25. The number of rotatable bonds is 3. The molecule has 0 bridgehead atoms. The Hall–Kier alpha value is -1.92. The van der Waals surface area contributed by atoms with E-state index in [9.17, 15) is 4.79 Å². The van der Waals surface area contributed by atoms with Crippen LogP contribution in [0.5, 0.6) is 0 Å². The smallest absolute Gasteiger partial charge is 0.293 e. The number of halogens is 1. The van der Waals surface area contributed by atoms with Gasteiger partial charge < -0.3 is 9.64 Å². The van der Waals surface area contributed by atoms with Gasteiger partial charge in [0.05, 0.1) is 29.5 Å². The molecule has 0 atom stereocenters. The third-order valence-corrected chi connectivity index (χ3v) is 6.47. The molecule has 28 heavy (non-hydrogen) atoms. The van der Waals surface area contributed by atoms with Gasteiger partial charge in [-0.3, -0.25) is 4.79 Å². The first-order chi connectivity index (χ1) is 13.7. The molecule has 7 heteroatoms. The van der Waals surface area contributed by atoms with Crippen molar-refractivity contribution in [1.29, 1.82) is 0 Å². The monoisotopic (exact) mass is 400 g/mol. The molecule has 2 aromatic rings. The lowest BCUT2D eigenvalue weighted by Crippen LogP contribution is -2.54. The molecular weight excluding hydrogens is 376 g/mol. The Morgan fingerprint density at radius 1 is 1.18 bits per heavy atom. The molecule has 0 N–H and O–H groups in total. The summed E-state index contributed by atoms with van der Waals surface area (Å²) in [6.45, 7) is 1.83. The lowest BCUT2D eigenvalue weighted by Gasteiger charge is -2.44. The van der Waals surface area contributed by atoms with Crippen molar-refractivity contribution >= 4 is 17.5 Å². The van der Waals surface area contributed by atoms with Crippen LogP contribution >= 0.6 is 11.6 Å². The van der Waals surface area contributed by atoms with Gasteiger partial charge in [0.25, 0.3) is 5.91 Å². The highest BCUT2D eigenvalue weighted by Crippen LogP contribution is 2.40. The maximum atomic E-state index is 13.2. The van der Waals surface area contributed by atoms with E-state index < -0.39 is 0 Å². The highest BCUT2D eigenvalue weighted by molar-refractivity contribution is 6.32. The predicted octanol–water partition coefficient (Wildman–Crippen LogP) is 3.97. The Morgan fingerprint density at radius 3 is 2.71 bits per heavy atom. The van der Waals surface area contributed by atoms with Crippen molar-refractivity contribution in [2.75, 3.05) is 19.7 Å². The molecule has 6 nitrogen and oxygen atoms in total. The predicted molar refractivity (Wildman–Crippen MR) is 106 cm³/mol. The Morgan fingerprint density at radius 2 is 1.96 bits per heavy atom. The summed E-state index contributed by atoms with van der Waals surface area (Å²) in [6.07, 6.45) is 7.83. The molecule has 3 fully saturated rings. The summed E-state index contributed by atoms with van der Waals surface area (Å²) in [7, 11) is 0. The number of hydrogen-bond acceptors (Lipinski definition) is 4. The van der Waals surface area contributed by atoms with E-state index in [0.29, 0.717) is 30.6 Å². The first-order valence-electron chi connectivity index (χ1n) is 10.3. The molecule has 0 radical (unpaired) electrons. The summed E-state index contributed by atoms with van der Waals surface area (Å²) < 4.78 is 7.90. The molecule has 2 aliphatic carbocycles. The van der Waals surface area contributed by atoms with Crippen molar-refractivity contribution in [1.82, 2.24) is 19.7 Å². The van der Waals surface area contributed by atoms with Crippen molar-refractivity contribution in [3.05, 3.63) is 40.9 Å². The summed E-state index contributed by atoms with van der Waals surface area (Å²) in [5, 5.41) is 5.21. The number of amides is 1. The standard InChI is InChI=1S/C21H25ClN4O2/c22-16-6-2-3-7-17(16)26-19(15-8-9-15)23-18(24-26)20(27)25-12-13-28-21(14-25)10-4-1-5-11-21/h2-3,6-7,15H,1,4-5,8-14H2. The first-order valence-corrected chi connectivity index (χ1v) is 10.7.